The number of piperidine rings is 1. The van der Waals surface area contributed by atoms with Crippen molar-refractivity contribution in [1.82, 2.24) is 15.5 Å². The zero-order valence-corrected chi connectivity index (χ0v) is 16.9. The van der Waals surface area contributed by atoms with Crippen molar-refractivity contribution in [2.24, 2.45) is 4.99 Å². The van der Waals surface area contributed by atoms with Crippen LogP contribution in [0.3, 0.4) is 0 Å². The molecule has 158 valence electrons. The third kappa shape index (κ3) is 8.41. The van der Waals surface area contributed by atoms with Crippen molar-refractivity contribution in [2.45, 2.75) is 31.9 Å². The van der Waals surface area contributed by atoms with Gasteiger partial charge in [0, 0.05) is 39.3 Å². The number of ether oxygens (including phenoxy) is 2. The molecule has 3 N–H and O–H groups in total. The summed E-state index contributed by atoms with van der Waals surface area (Å²) in [5.74, 6) is 0.914. The molecule has 0 aromatic heterocycles. The molecule has 0 bridgehead atoms. The van der Waals surface area contributed by atoms with Crippen LogP contribution in [0.2, 0.25) is 0 Å². The van der Waals surface area contributed by atoms with Crippen molar-refractivity contribution in [3.63, 3.8) is 0 Å². The second-order valence-corrected chi connectivity index (χ2v) is 6.89. The van der Waals surface area contributed by atoms with Crippen LogP contribution in [-0.4, -0.2) is 81.2 Å². The molecule has 2 rings (SSSR count). The molecule has 0 amide bonds. The SMILES string of the molecule is CCNC(=NCC(O)COc1ccc(F)cc1)NC1CCN(CCOC)CC1. The largest absolute Gasteiger partial charge is 0.491 e. The second-order valence-electron chi connectivity index (χ2n) is 6.89. The van der Waals surface area contributed by atoms with Crippen molar-refractivity contribution in [3.8, 4) is 5.75 Å². The smallest absolute Gasteiger partial charge is 0.191 e. The van der Waals surface area contributed by atoms with Crippen molar-refractivity contribution < 1.29 is 19.0 Å². The Bertz CT molecular complexity index is 577. The lowest BCUT2D eigenvalue weighted by molar-refractivity contribution is 0.114. The Balaban J connectivity index is 1.74. The maximum absolute atomic E-state index is 12.9. The van der Waals surface area contributed by atoms with E-state index in [0.29, 0.717) is 17.8 Å². The summed E-state index contributed by atoms with van der Waals surface area (Å²) in [4.78, 5) is 6.88. The highest BCUT2D eigenvalue weighted by atomic mass is 19.1. The average Bonchev–Trinajstić information content (AvgIpc) is 2.71. The fourth-order valence-corrected chi connectivity index (χ4v) is 3.01. The number of guanidine groups is 1. The lowest BCUT2D eigenvalue weighted by Gasteiger charge is -2.32. The molecule has 28 heavy (non-hydrogen) atoms. The van der Waals surface area contributed by atoms with Crippen LogP contribution in [0.25, 0.3) is 0 Å². The van der Waals surface area contributed by atoms with Crippen LogP contribution in [-0.2, 0) is 4.74 Å². The van der Waals surface area contributed by atoms with Crippen LogP contribution in [0.4, 0.5) is 4.39 Å². The number of hydrogen-bond donors (Lipinski definition) is 3. The number of aliphatic imine (C=N–C) groups is 1. The summed E-state index contributed by atoms with van der Waals surface area (Å²) < 4.78 is 23.5. The molecule has 1 fully saturated rings. The molecule has 1 saturated heterocycles. The predicted octanol–water partition coefficient (Wildman–Crippen LogP) is 1.23. The molecule has 0 saturated carbocycles. The molecule has 1 aromatic rings. The topological polar surface area (TPSA) is 78.4 Å². The maximum atomic E-state index is 12.9. The highest BCUT2D eigenvalue weighted by Crippen LogP contribution is 2.12. The fraction of sp³-hybridized carbons (Fsp3) is 0.650. The number of halogens is 1. The molecule has 1 unspecified atom stereocenters. The zero-order chi connectivity index (χ0) is 20.2. The number of methoxy groups -OCH3 is 1. The highest BCUT2D eigenvalue weighted by Gasteiger charge is 2.19. The summed E-state index contributed by atoms with van der Waals surface area (Å²) in [6.07, 6.45) is 1.35. The molecule has 1 atom stereocenters. The molecule has 1 aromatic carbocycles. The van der Waals surface area contributed by atoms with E-state index in [1.807, 2.05) is 6.92 Å². The van der Waals surface area contributed by atoms with E-state index >= 15 is 0 Å². The van der Waals surface area contributed by atoms with E-state index in [2.05, 4.69) is 20.5 Å². The number of hydrogen-bond acceptors (Lipinski definition) is 5. The van der Waals surface area contributed by atoms with Gasteiger partial charge in [-0.15, -0.1) is 0 Å². The van der Waals surface area contributed by atoms with Crippen molar-refractivity contribution >= 4 is 5.96 Å². The molecule has 0 spiro atoms. The Kier molecular flexibility index (Phi) is 10.0. The number of aliphatic hydroxyl groups excluding tert-OH is 1. The van der Waals surface area contributed by atoms with E-state index in [1.54, 1.807) is 7.11 Å². The number of nitrogens with zero attached hydrogens (tertiary/aromatic N) is 2. The van der Waals surface area contributed by atoms with Gasteiger partial charge in [-0.2, -0.15) is 0 Å². The van der Waals surface area contributed by atoms with E-state index in [9.17, 15) is 9.50 Å². The van der Waals surface area contributed by atoms with E-state index in [4.69, 9.17) is 9.47 Å². The monoisotopic (exact) mass is 396 g/mol. The minimum atomic E-state index is -0.739. The van der Waals surface area contributed by atoms with Crippen molar-refractivity contribution in [2.75, 3.05) is 53.0 Å². The summed E-state index contributed by atoms with van der Waals surface area (Å²) in [5.41, 5.74) is 0. The molecular formula is C20H33FN4O3. The third-order valence-corrected chi connectivity index (χ3v) is 4.60. The van der Waals surface area contributed by atoms with Gasteiger partial charge in [-0.05, 0) is 44.0 Å². The molecule has 1 aliphatic heterocycles. The Labute approximate surface area is 166 Å². The minimum Gasteiger partial charge on any atom is -0.491 e. The van der Waals surface area contributed by atoms with Crippen molar-refractivity contribution in [1.29, 1.82) is 0 Å². The van der Waals surface area contributed by atoms with Gasteiger partial charge < -0.3 is 30.1 Å². The summed E-state index contributed by atoms with van der Waals surface area (Å²) in [5, 5.41) is 16.8. The molecule has 1 heterocycles. The highest BCUT2D eigenvalue weighted by molar-refractivity contribution is 5.80. The molecule has 0 radical (unpaired) electrons. The normalized spacial score (nSPS) is 17.4. The molecule has 7 nitrogen and oxygen atoms in total. The van der Waals surface area contributed by atoms with Gasteiger partial charge in [0.05, 0.1) is 13.2 Å². The van der Waals surface area contributed by atoms with Crippen LogP contribution in [0, 0.1) is 5.82 Å². The second kappa shape index (κ2) is 12.5. The van der Waals surface area contributed by atoms with Crippen LogP contribution in [0.15, 0.2) is 29.3 Å². The first-order valence-corrected chi connectivity index (χ1v) is 9.93. The lowest BCUT2D eigenvalue weighted by Crippen LogP contribution is -2.49. The predicted molar refractivity (Wildman–Crippen MR) is 108 cm³/mol. The van der Waals surface area contributed by atoms with Gasteiger partial charge in [-0.1, -0.05) is 0 Å². The van der Waals surface area contributed by atoms with Crippen LogP contribution < -0.4 is 15.4 Å². The van der Waals surface area contributed by atoms with E-state index in [-0.39, 0.29) is 19.0 Å². The molecular weight excluding hydrogens is 363 g/mol. The van der Waals surface area contributed by atoms with Crippen LogP contribution in [0.1, 0.15) is 19.8 Å². The Morgan fingerprint density at radius 1 is 1.32 bits per heavy atom. The Morgan fingerprint density at radius 2 is 2.04 bits per heavy atom. The molecule has 1 aliphatic rings. The fourth-order valence-electron chi connectivity index (χ4n) is 3.01. The number of nitrogens with one attached hydrogen (secondary N) is 2. The van der Waals surface area contributed by atoms with E-state index < -0.39 is 6.10 Å². The van der Waals surface area contributed by atoms with E-state index in [1.165, 1.54) is 24.3 Å². The standard InChI is InChI=1S/C20H33FN4O3/c1-3-22-20(24-17-8-10-25(11-9-17)12-13-27-2)23-14-18(26)15-28-19-6-4-16(21)5-7-19/h4-7,17-18,26H,3,8-15H2,1-2H3,(H2,22,23,24). The van der Waals surface area contributed by atoms with Gasteiger partial charge in [0.15, 0.2) is 5.96 Å². The zero-order valence-electron chi connectivity index (χ0n) is 16.9. The Morgan fingerprint density at radius 3 is 2.68 bits per heavy atom. The lowest BCUT2D eigenvalue weighted by atomic mass is 10.1. The van der Waals surface area contributed by atoms with Gasteiger partial charge >= 0.3 is 0 Å². The van der Waals surface area contributed by atoms with E-state index in [0.717, 1.165) is 45.6 Å². The quantitative estimate of drug-likeness (QED) is 0.408. The van der Waals surface area contributed by atoms with Crippen molar-refractivity contribution in [3.05, 3.63) is 30.1 Å². The third-order valence-electron chi connectivity index (χ3n) is 4.60. The molecule has 8 heteroatoms. The Hall–Kier alpha value is -1.90. The summed E-state index contributed by atoms with van der Waals surface area (Å²) >= 11 is 0. The van der Waals surface area contributed by atoms with Crippen LogP contribution in [0.5, 0.6) is 5.75 Å². The number of benzene rings is 1. The van der Waals surface area contributed by atoms with Gasteiger partial charge in [0.25, 0.3) is 0 Å². The number of aliphatic hydroxyl groups is 1. The first-order chi connectivity index (χ1) is 13.6. The maximum Gasteiger partial charge on any atom is 0.191 e. The minimum absolute atomic E-state index is 0.104. The first kappa shape index (κ1) is 22.4. The molecule has 0 aliphatic carbocycles. The number of likely N-dealkylation sites (tertiary alicyclic amines) is 1. The van der Waals surface area contributed by atoms with Gasteiger partial charge in [0.1, 0.15) is 24.3 Å². The van der Waals surface area contributed by atoms with Gasteiger partial charge in [-0.3, -0.25) is 4.99 Å². The first-order valence-electron chi connectivity index (χ1n) is 9.93. The summed E-state index contributed by atoms with van der Waals surface area (Å²) in [7, 11) is 1.73. The van der Waals surface area contributed by atoms with Gasteiger partial charge in [-0.25, -0.2) is 4.39 Å². The van der Waals surface area contributed by atoms with Crippen LogP contribution >= 0.6 is 0 Å². The average molecular weight is 397 g/mol. The summed E-state index contributed by atoms with van der Waals surface area (Å²) in [6.45, 7) is 6.90. The van der Waals surface area contributed by atoms with Gasteiger partial charge in [0.2, 0.25) is 0 Å². The summed E-state index contributed by atoms with van der Waals surface area (Å²) in [6, 6.07) is 6.09. The number of rotatable bonds is 10.